The Morgan fingerprint density at radius 2 is 2.23 bits per heavy atom. The molecule has 3 rings (SSSR count). The van der Waals surface area contributed by atoms with Gasteiger partial charge >= 0.3 is 0 Å². The maximum absolute atomic E-state index is 12.3. The Morgan fingerprint density at radius 1 is 1.32 bits per heavy atom. The molecule has 0 aromatic carbocycles. The molecule has 0 aliphatic carbocycles. The van der Waals surface area contributed by atoms with Crippen LogP contribution < -0.4 is 4.74 Å². The number of halogens is 1. The standard InChI is InChI=1S/C14H14FN5O2/c1-21-12-4-2-3-11(17-12)7-13-18-14(19-22-13)10-8-16-20(9-10)6-5-15/h2-4,8-9H,5-7H2,1H3. The van der Waals surface area contributed by atoms with Crippen LogP contribution in [-0.4, -0.2) is 38.7 Å². The molecule has 0 aliphatic rings. The molecular weight excluding hydrogens is 289 g/mol. The minimum absolute atomic E-state index is 0.207. The van der Waals surface area contributed by atoms with E-state index in [0.717, 1.165) is 5.69 Å². The maximum atomic E-state index is 12.3. The highest BCUT2D eigenvalue weighted by atomic mass is 19.1. The Morgan fingerprint density at radius 3 is 3.05 bits per heavy atom. The Labute approximate surface area is 125 Å². The molecule has 0 N–H and O–H groups in total. The van der Waals surface area contributed by atoms with E-state index in [-0.39, 0.29) is 6.54 Å². The van der Waals surface area contributed by atoms with Gasteiger partial charge in [0.15, 0.2) is 0 Å². The van der Waals surface area contributed by atoms with Gasteiger partial charge in [0.1, 0.15) is 6.67 Å². The molecule has 0 unspecified atom stereocenters. The molecule has 3 aromatic rings. The lowest BCUT2D eigenvalue weighted by Crippen LogP contribution is -1.98. The summed E-state index contributed by atoms with van der Waals surface area (Å²) in [7, 11) is 1.56. The number of ether oxygens (including phenoxy) is 1. The van der Waals surface area contributed by atoms with E-state index >= 15 is 0 Å². The number of hydrogen-bond donors (Lipinski definition) is 0. The Hall–Kier alpha value is -2.77. The molecule has 7 nitrogen and oxygen atoms in total. The quantitative estimate of drug-likeness (QED) is 0.692. The second-order valence-electron chi connectivity index (χ2n) is 4.54. The molecule has 3 heterocycles. The van der Waals surface area contributed by atoms with E-state index in [0.29, 0.717) is 29.6 Å². The summed E-state index contributed by atoms with van der Waals surface area (Å²) < 4.78 is 24.1. The molecule has 0 bridgehead atoms. The first-order valence-electron chi connectivity index (χ1n) is 6.70. The van der Waals surface area contributed by atoms with Crippen molar-refractivity contribution < 1.29 is 13.7 Å². The van der Waals surface area contributed by atoms with Crippen LogP contribution in [0.15, 0.2) is 35.1 Å². The lowest BCUT2D eigenvalue weighted by Gasteiger charge is -2.00. The zero-order valence-electron chi connectivity index (χ0n) is 11.9. The van der Waals surface area contributed by atoms with Crippen molar-refractivity contribution in [2.45, 2.75) is 13.0 Å². The molecule has 0 fully saturated rings. The number of rotatable bonds is 6. The van der Waals surface area contributed by atoms with E-state index in [1.54, 1.807) is 25.6 Å². The van der Waals surface area contributed by atoms with Crippen LogP contribution in [0.4, 0.5) is 4.39 Å². The van der Waals surface area contributed by atoms with Gasteiger partial charge in [0.25, 0.3) is 0 Å². The zero-order valence-corrected chi connectivity index (χ0v) is 11.9. The summed E-state index contributed by atoms with van der Waals surface area (Å²) in [4.78, 5) is 8.59. The summed E-state index contributed by atoms with van der Waals surface area (Å²) >= 11 is 0. The third kappa shape index (κ3) is 3.11. The van der Waals surface area contributed by atoms with Gasteiger partial charge in [-0.3, -0.25) is 4.68 Å². The third-order valence-corrected chi connectivity index (χ3v) is 3.00. The summed E-state index contributed by atoms with van der Waals surface area (Å²) in [5, 5.41) is 7.93. The van der Waals surface area contributed by atoms with Gasteiger partial charge in [-0.25, -0.2) is 9.37 Å². The molecule has 8 heteroatoms. The lowest BCUT2D eigenvalue weighted by molar-refractivity contribution is 0.381. The fourth-order valence-corrected chi connectivity index (χ4v) is 1.96. The molecule has 0 amide bonds. The van der Waals surface area contributed by atoms with Gasteiger partial charge in [0.2, 0.25) is 17.6 Å². The molecule has 22 heavy (non-hydrogen) atoms. The number of alkyl halides is 1. The highest BCUT2D eigenvalue weighted by Gasteiger charge is 2.12. The summed E-state index contributed by atoms with van der Waals surface area (Å²) in [6, 6.07) is 5.47. The summed E-state index contributed by atoms with van der Waals surface area (Å²) in [6.07, 6.45) is 3.66. The van der Waals surface area contributed by atoms with Crippen LogP contribution in [0, 0.1) is 0 Å². The minimum Gasteiger partial charge on any atom is -0.481 e. The topological polar surface area (TPSA) is 78.9 Å². The van der Waals surface area contributed by atoms with Crippen LogP contribution in [0.5, 0.6) is 5.88 Å². The van der Waals surface area contributed by atoms with Crippen molar-refractivity contribution in [3.63, 3.8) is 0 Å². The number of pyridine rings is 1. The van der Waals surface area contributed by atoms with Gasteiger partial charge < -0.3 is 9.26 Å². The van der Waals surface area contributed by atoms with Crippen LogP contribution in [0.3, 0.4) is 0 Å². The number of methoxy groups -OCH3 is 1. The van der Waals surface area contributed by atoms with Crippen molar-refractivity contribution in [1.29, 1.82) is 0 Å². The highest BCUT2D eigenvalue weighted by Crippen LogP contribution is 2.16. The van der Waals surface area contributed by atoms with E-state index in [9.17, 15) is 4.39 Å². The predicted molar refractivity (Wildman–Crippen MR) is 75.1 cm³/mol. The fraction of sp³-hybridized carbons (Fsp3) is 0.286. The van der Waals surface area contributed by atoms with E-state index in [1.165, 1.54) is 4.68 Å². The lowest BCUT2D eigenvalue weighted by atomic mass is 10.2. The third-order valence-electron chi connectivity index (χ3n) is 3.00. The number of aromatic nitrogens is 5. The number of nitrogens with zero attached hydrogens (tertiary/aromatic N) is 5. The molecule has 0 atom stereocenters. The maximum Gasteiger partial charge on any atom is 0.232 e. The van der Waals surface area contributed by atoms with Gasteiger partial charge in [0, 0.05) is 12.3 Å². The minimum atomic E-state index is -0.472. The van der Waals surface area contributed by atoms with Crippen molar-refractivity contribution in [1.82, 2.24) is 24.9 Å². The first kappa shape index (κ1) is 14.2. The molecular formula is C14H14FN5O2. The average Bonchev–Trinajstić information content (AvgIpc) is 3.17. The normalized spacial score (nSPS) is 10.8. The van der Waals surface area contributed by atoms with Gasteiger partial charge in [-0.05, 0) is 6.07 Å². The number of aryl methyl sites for hydroxylation is 1. The summed E-state index contributed by atoms with van der Waals surface area (Å²) in [5.41, 5.74) is 1.45. The van der Waals surface area contributed by atoms with Crippen LogP contribution in [0.1, 0.15) is 11.6 Å². The first-order chi connectivity index (χ1) is 10.8. The van der Waals surface area contributed by atoms with Gasteiger partial charge in [-0.1, -0.05) is 11.2 Å². The molecule has 3 aromatic heterocycles. The molecule has 0 radical (unpaired) electrons. The summed E-state index contributed by atoms with van der Waals surface area (Å²) in [6.45, 7) is -0.265. The monoisotopic (exact) mass is 303 g/mol. The zero-order chi connectivity index (χ0) is 15.4. The van der Waals surface area contributed by atoms with Crippen molar-refractivity contribution in [3.8, 4) is 17.3 Å². The van der Waals surface area contributed by atoms with Crippen molar-refractivity contribution in [2.75, 3.05) is 13.8 Å². The van der Waals surface area contributed by atoms with Crippen LogP contribution in [-0.2, 0) is 13.0 Å². The van der Waals surface area contributed by atoms with Gasteiger partial charge in [-0.15, -0.1) is 0 Å². The van der Waals surface area contributed by atoms with E-state index in [2.05, 4.69) is 20.2 Å². The molecule has 0 aliphatic heterocycles. The number of hydrogen-bond acceptors (Lipinski definition) is 6. The van der Waals surface area contributed by atoms with Crippen LogP contribution in [0.2, 0.25) is 0 Å². The summed E-state index contributed by atoms with van der Waals surface area (Å²) in [5.74, 6) is 1.39. The second kappa shape index (κ2) is 6.33. The van der Waals surface area contributed by atoms with Crippen molar-refractivity contribution in [2.24, 2.45) is 0 Å². The predicted octanol–water partition coefficient (Wildman–Crippen LogP) is 1.90. The van der Waals surface area contributed by atoms with Crippen molar-refractivity contribution >= 4 is 0 Å². The van der Waals surface area contributed by atoms with E-state index in [4.69, 9.17) is 9.26 Å². The van der Waals surface area contributed by atoms with Crippen LogP contribution in [0.25, 0.3) is 11.4 Å². The van der Waals surface area contributed by atoms with Gasteiger partial charge in [-0.2, -0.15) is 10.1 Å². The first-order valence-corrected chi connectivity index (χ1v) is 6.70. The highest BCUT2D eigenvalue weighted by molar-refractivity contribution is 5.51. The Balaban J connectivity index is 1.75. The smallest absolute Gasteiger partial charge is 0.232 e. The largest absolute Gasteiger partial charge is 0.481 e. The van der Waals surface area contributed by atoms with Gasteiger partial charge in [0.05, 0.1) is 37.5 Å². The Kier molecular flexibility index (Phi) is 4.08. The molecule has 0 saturated heterocycles. The van der Waals surface area contributed by atoms with E-state index in [1.807, 2.05) is 12.1 Å². The molecule has 0 spiro atoms. The fourth-order valence-electron chi connectivity index (χ4n) is 1.96. The van der Waals surface area contributed by atoms with E-state index < -0.39 is 6.67 Å². The van der Waals surface area contributed by atoms with Crippen LogP contribution >= 0.6 is 0 Å². The molecule has 114 valence electrons. The van der Waals surface area contributed by atoms with Crippen molar-refractivity contribution in [3.05, 3.63) is 42.2 Å². The Bertz CT molecular complexity index is 755. The average molecular weight is 303 g/mol. The molecule has 0 saturated carbocycles. The SMILES string of the molecule is COc1cccc(Cc2nc(-c3cnn(CCF)c3)no2)n1. The second-order valence-corrected chi connectivity index (χ2v) is 4.54.